The molecule has 0 N–H and O–H groups in total. The van der Waals surface area contributed by atoms with Gasteiger partial charge in [0, 0.05) is 0 Å². The molecule has 0 saturated heterocycles. The molecule has 1 aromatic carbocycles. The molecule has 0 amide bonds. The molecule has 0 aliphatic heterocycles. The van der Waals surface area contributed by atoms with Gasteiger partial charge in [-0.15, -0.1) is 0 Å². The second-order valence-electron chi connectivity index (χ2n) is 2.31. The van der Waals surface area contributed by atoms with Crippen molar-refractivity contribution in [3.8, 4) is 0 Å². The highest BCUT2D eigenvalue weighted by Gasteiger charge is 1.93. The molecular formula is C10H11NO. The molecule has 1 rings (SSSR count). The molecule has 0 aromatic heterocycles. The highest BCUT2D eigenvalue weighted by atomic mass is 16.6. The van der Waals surface area contributed by atoms with E-state index in [1.807, 2.05) is 37.3 Å². The van der Waals surface area contributed by atoms with Crippen LogP contribution in [0.25, 0.3) is 0 Å². The molecule has 0 unspecified atom stereocenters. The molecule has 0 fully saturated rings. The average Bonchev–Trinajstić information content (AvgIpc) is 2.15. The zero-order valence-corrected chi connectivity index (χ0v) is 7.03. The van der Waals surface area contributed by atoms with E-state index in [-0.39, 0.29) is 0 Å². The van der Waals surface area contributed by atoms with Crippen molar-refractivity contribution >= 4 is 5.71 Å². The molecule has 0 bridgehead atoms. The summed E-state index contributed by atoms with van der Waals surface area (Å²) < 4.78 is 0. The van der Waals surface area contributed by atoms with Gasteiger partial charge < -0.3 is 4.84 Å². The largest absolute Gasteiger partial charge is 0.365 e. The molecule has 2 nitrogen and oxygen atoms in total. The van der Waals surface area contributed by atoms with Crippen LogP contribution in [0, 0.1) is 0 Å². The smallest absolute Gasteiger partial charge is 0.114 e. The van der Waals surface area contributed by atoms with Crippen LogP contribution in [0.5, 0.6) is 0 Å². The van der Waals surface area contributed by atoms with Gasteiger partial charge >= 0.3 is 0 Å². The highest BCUT2D eigenvalue weighted by molar-refractivity contribution is 5.98. The van der Waals surface area contributed by atoms with E-state index in [0.717, 1.165) is 11.3 Å². The summed E-state index contributed by atoms with van der Waals surface area (Å²) in [5.74, 6) is 0. The lowest BCUT2D eigenvalue weighted by Gasteiger charge is -1.97. The number of hydrogen-bond acceptors (Lipinski definition) is 2. The maximum Gasteiger partial charge on any atom is 0.114 e. The fourth-order valence-corrected chi connectivity index (χ4v) is 0.848. The van der Waals surface area contributed by atoms with E-state index >= 15 is 0 Å². The molecule has 0 aliphatic carbocycles. The number of nitrogens with zero attached hydrogens (tertiary/aromatic N) is 1. The fourth-order valence-electron chi connectivity index (χ4n) is 0.848. The summed E-state index contributed by atoms with van der Waals surface area (Å²) in [6.07, 6.45) is 1.30. The van der Waals surface area contributed by atoms with E-state index < -0.39 is 0 Å². The molecule has 1 aromatic rings. The second-order valence-corrected chi connectivity index (χ2v) is 2.31. The van der Waals surface area contributed by atoms with Crippen molar-refractivity contribution in [3.63, 3.8) is 0 Å². The number of oxime groups is 1. The van der Waals surface area contributed by atoms with E-state index in [0.29, 0.717) is 0 Å². The Morgan fingerprint density at radius 1 is 1.42 bits per heavy atom. The number of rotatable bonds is 3. The van der Waals surface area contributed by atoms with E-state index in [4.69, 9.17) is 4.84 Å². The highest BCUT2D eigenvalue weighted by Crippen LogP contribution is 2.00. The van der Waals surface area contributed by atoms with Crippen LogP contribution in [0.4, 0.5) is 0 Å². The third-order valence-electron chi connectivity index (χ3n) is 1.46. The Hall–Kier alpha value is -1.57. The molecule has 0 heterocycles. The van der Waals surface area contributed by atoms with Crippen LogP contribution in [0.3, 0.4) is 0 Å². The predicted octanol–water partition coefficient (Wildman–Crippen LogP) is 2.57. The minimum absolute atomic E-state index is 0.843. The monoisotopic (exact) mass is 161 g/mol. The van der Waals surface area contributed by atoms with Crippen LogP contribution in [-0.4, -0.2) is 5.71 Å². The quantitative estimate of drug-likeness (QED) is 0.379. The van der Waals surface area contributed by atoms with Crippen LogP contribution in [0.1, 0.15) is 12.5 Å². The van der Waals surface area contributed by atoms with Gasteiger partial charge in [0.15, 0.2) is 0 Å². The zero-order chi connectivity index (χ0) is 8.81. The van der Waals surface area contributed by atoms with Crippen LogP contribution < -0.4 is 0 Å². The molecule has 0 saturated carbocycles. The van der Waals surface area contributed by atoms with Gasteiger partial charge in [-0.05, 0) is 12.5 Å². The Bertz CT molecular complexity index is 277. The standard InChI is InChI=1S/C10H11NO/c1-3-12-11-9(2)10-7-5-4-6-8-10/h3-8H,1H2,2H3/b11-9+. The summed E-state index contributed by atoms with van der Waals surface area (Å²) in [5.41, 5.74) is 1.90. The summed E-state index contributed by atoms with van der Waals surface area (Å²) in [6, 6.07) is 9.84. The van der Waals surface area contributed by atoms with Crippen LogP contribution in [-0.2, 0) is 4.84 Å². The Morgan fingerprint density at radius 3 is 2.67 bits per heavy atom. The van der Waals surface area contributed by atoms with E-state index in [1.54, 1.807) is 0 Å². The Labute approximate surface area is 72.2 Å². The molecule has 12 heavy (non-hydrogen) atoms. The normalized spacial score (nSPS) is 10.9. The van der Waals surface area contributed by atoms with Gasteiger partial charge in [0.2, 0.25) is 0 Å². The van der Waals surface area contributed by atoms with Gasteiger partial charge in [0.05, 0.1) is 5.71 Å². The lowest BCUT2D eigenvalue weighted by molar-refractivity contribution is 0.269. The minimum atomic E-state index is 0.843. The lowest BCUT2D eigenvalue weighted by Crippen LogP contribution is -1.93. The van der Waals surface area contributed by atoms with E-state index in [2.05, 4.69) is 11.7 Å². The van der Waals surface area contributed by atoms with Crippen LogP contribution in [0.15, 0.2) is 48.3 Å². The molecule has 2 heteroatoms. The van der Waals surface area contributed by atoms with Gasteiger partial charge in [-0.1, -0.05) is 42.1 Å². The van der Waals surface area contributed by atoms with Gasteiger partial charge in [0.25, 0.3) is 0 Å². The predicted molar refractivity (Wildman–Crippen MR) is 49.9 cm³/mol. The van der Waals surface area contributed by atoms with Crippen molar-refractivity contribution in [2.45, 2.75) is 6.92 Å². The Morgan fingerprint density at radius 2 is 2.08 bits per heavy atom. The summed E-state index contributed by atoms with van der Waals surface area (Å²) in [7, 11) is 0. The first-order valence-electron chi connectivity index (χ1n) is 3.71. The summed E-state index contributed by atoms with van der Waals surface area (Å²) in [4.78, 5) is 4.70. The molecular weight excluding hydrogens is 150 g/mol. The summed E-state index contributed by atoms with van der Waals surface area (Å²) in [5, 5.41) is 3.81. The van der Waals surface area contributed by atoms with Crippen molar-refractivity contribution in [1.29, 1.82) is 0 Å². The van der Waals surface area contributed by atoms with Crippen LogP contribution in [0.2, 0.25) is 0 Å². The van der Waals surface area contributed by atoms with Gasteiger partial charge in [-0.3, -0.25) is 0 Å². The van der Waals surface area contributed by atoms with Gasteiger partial charge in [0.1, 0.15) is 6.26 Å². The summed E-state index contributed by atoms with van der Waals surface area (Å²) >= 11 is 0. The molecule has 0 atom stereocenters. The first kappa shape index (κ1) is 8.53. The Kier molecular flexibility index (Phi) is 3.08. The van der Waals surface area contributed by atoms with Crippen LogP contribution >= 0.6 is 0 Å². The van der Waals surface area contributed by atoms with Crippen molar-refractivity contribution < 1.29 is 4.84 Å². The van der Waals surface area contributed by atoms with E-state index in [9.17, 15) is 0 Å². The fraction of sp³-hybridized carbons (Fsp3) is 0.100. The average molecular weight is 161 g/mol. The van der Waals surface area contributed by atoms with Crippen molar-refractivity contribution in [1.82, 2.24) is 0 Å². The van der Waals surface area contributed by atoms with Crippen molar-refractivity contribution in [3.05, 3.63) is 48.7 Å². The first-order valence-corrected chi connectivity index (χ1v) is 3.71. The number of benzene rings is 1. The zero-order valence-electron chi connectivity index (χ0n) is 7.03. The minimum Gasteiger partial charge on any atom is -0.365 e. The number of hydrogen-bond donors (Lipinski definition) is 0. The van der Waals surface area contributed by atoms with Gasteiger partial charge in [-0.25, -0.2) is 0 Å². The van der Waals surface area contributed by atoms with Crippen molar-refractivity contribution in [2.24, 2.45) is 5.16 Å². The van der Waals surface area contributed by atoms with Crippen molar-refractivity contribution in [2.75, 3.05) is 0 Å². The van der Waals surface area contributed by atoms with Gasteiger partial charge in [-0.2, -0.15) is 0 Å². The maximum absolute atomic E-state index is 4.70. The molecule has 0 aliphatic rings. The maximum atomic E-state index is 4.70. The molecule has 62 valence electrons. The third-order valence-corrected chi connectivity index (χ3v) is 1.46. The third kappa shape index (κ3) is 2.23. The first-order chi connectivity index (χ1) is 5.84. The molecule has 0 spiro atoms. The second kappa shape index (κ2) is 4.34. The van der Waals surface area contributed by atoms with E-state index in [1.165, 1.54) is 6.26 Å². The SMILES string of the molecule is C=CO/N=C(\C)c1ccccc1. The lowest BCUT2D eigenvalue weighted by atomic mass is 10.1. The summed E-state index contributed by atoms with van der Waals surface area (Å²) in [6.45, 7) is 5.28. The topological polar surface area (TPSA) is 21.6 Å². The molecule has 0 radical (unpaired) electrons. The Balaban J connectivity index is 2.77.